The van der Waals surface area contributed by atoms with Crippen molar-refractivity contribution in [2.24, 2.45) is 0 Å². The Morgan fingerprint density at radius 2 is 1.15 bits per heavy atom. The molecule has 4 nitrogen and oxygen atoms in total. The second-order valence-electron chi connectivity index (χ2n) is 17.2. The molecule has 0 amide bonds. The number of hydrogen-bond acceptors (Lipinski definition) is 3. The molecular weight excluding hydrogens is 659 g/mol. The van der Waals surface area contributed by atoms with Gasteiger partial charge in [-0.15, -0.1) is 0 Å². The van der Waals surface area contributed by atoms with Crippen LogP contribution in [0.2, 0.25) is 0 Å². The van der Waals surface area contributed by atoms with Crippen molar-refractivity contribution in [1.82, 2.24) is 9.38 Å². The van der Waals surface area contributed by atoms with Crippen LogP contribution in [0.3, 0.4) is 0 Å². The number of hydrogen-bond donors (Lipinski definition) is 0. The first-order valence-electron chi connectivity index (χ1n) is 19.0. The normalized spacial score (nSPS) is 13.6. The van der Waals surface area contributed by atoms with E-state index in [1.165, 1.54) is 32.8 Å². The van der Waals surface area contributed by atoms with Crippen LogP contribution in [0.15, 0.2) is 127 Å². The molecule has 2 aliphatic rings. The number of fused-ring (bicyclic) bond motifs is 14. The third-order valence-corrected chi connectivity index (χ3v) is 11.8. The number of para-hydroxylation sites is 1. The van der Waals surface area contributed by atoms with E-state index in [4.69, 9.17) is 14.5 Å². The zero-order valence-electron chi connectivity index (χ0n) is 31.4. The average molecular weight is 699 g/mol. The van der Waals surface area contributed by atoms with E-state index in [9.17, 15) is 0 Å². The van der Waals surface area contributed by atoms with Crippen LogP contribution in [-0.4, -0.2) is 16.1 Å². The maximum absolute atomic E-state index is 6.94. The smallest absolute Gasteiger partial charge is 0.260 e. The number of pyridine rings is 1. The summed E-state index contributed by atoms with van der Waals surface area (Å²) < 4.78 is 16.1. The molecule has 7 aromatic carbocycles. The SMILES string of the molecule is CC(C)(C)c1ccc2c(c1)B1c3cc(C(C)(C)C)ccc3Oc3c1c(cc1cc(-c4ccc5nc6c7ccccc7c7ccccc7n6c5c4)ccc31)O2. The summed E-state index contributed by atoms with van der Waals surface area (Å²) in [6, 6.07) is 46.3. The molecule has 0 unspecified atom stereocenters. The highest BCUT2D eigenvalue weighted by Gasteiger charge is 2.42. The number of aromatic nitrogens is 2. The topological polar surface area (TPSA) is 35.8 Å². The van der Waals surface area contributed by atoms with Crippen molar-refractivity contribution in [2.75, 3.05) is 0 Å². The van der Waals surface area contributed by atoms with Gasteiger partial charge >= 0.3 is 0 Å². The monoisotopic (exact) mass is 698 g/mol. The Kier molecular flexibility index (Phi) is 6.27. The minimum absolute atomic E-state index is 0.000339. The van der Waals surface area contributed by atoms with E-state index in [1.807, 2.05) is 0 Å². The van der Waals surface area contributed by atoms with Gasteiger partial charge in [0.15, 0.2) is 0 Å². The van der Waals surface area contributed by atoms with Crippen molar-refractivity contribution in [3.8, 4) is 34.1 Å². The van der Waals surface area contributed by atoms with Crippen LogP contribution < -0.4 is 25.9 Å². The van der Waals surface area contributed by atoms with E-state index >= 15 is 0 Å². The fourth-order valence-electron chi connectivity index (χ4n) is 8.87. The Hall–Kier alpha value is -6.07. The van der Waals surface area contributed by atoms with Crippen molar-refractivity contribution >= 4 is 72.2 Å². The Morgan fingerprint density at radius 1 is 0.519 bits per heavy atom. The lowest BCUT2D eigenvalue weighted by atomic mass is 9.34. The summed E-state index contributed by atoms with van der Waals surface area (Å²) in [5.74, 6) is 3.57. The molecule has 9 aromatic rings. The summed E-state index contributed by atoms with van der Waals surface area (Å²) in [6.45, 7) is 13.6. The highest BCUT2D eigenvalue weighted by molar-refractivity contribution is 6.98. The lowest BCUT2D eigenvalue weighted by Crippen LogP contribution is -2.57. The molecule has 0 radical (unpaired) electrons. The minimum Gasteiger partial charge on any atom is -0.458 e. The van der Waals surface area contributed by atoms with Crippen LogP contribution in [0.4, 0.5) is 0 Å². The summed E-state index contributed by atoms with van der Waals surface area (Å²) in [6.07, 6.45) is 0. The highest BCUT2D eigenvalue weighted by atomic mass is 16.5. The van der Waals surface area contributed by atoms with Gasteiger partial charge in [-0.3, -0.25) is 4.40 Å². The fraction of sp³-hybridized carbons (Fsp3) is 0.163. The van der Waals surface area contributed by atoms with Crippen LogP contribution in [0.1, 0.15) is 52.7 Å². The third-order valence-electron chi connectivity index (χ3n) is 11.8. The van der Waals surface area contributed by atoms with E-state index in [1.54, 1.807) is 0 Å². The van der Waals surface area contributed by atoms with Crippen LogP contribution in [0.5, 0.6) is 23.0 Å². The van der Waals surface area contributed by atoms with E-state index < -0.39 is 0 Å². The van der Waals surface area contributed by atoms with Gasteiger partial charge in [0.25, 0.3) is 6.71 Å². The van der Waals surface area contributed by atoms with E-state index in [2.05, 4.69) is 173 Å². The molecule has 0 aliphatic carbocycles. The van der Waals surface area contributed by atoms with Crippen molar-refractivity contribution < 1.29 is 9.47 Å². The quantitative estimate of drug-likeness (QED) is 0.126. The maximum atomic E-state index is 6.94. The average Bonchev–Trinajstić information content (AvgIpc) is 3.56. The van der Waals surface area contributed by atoms with E-state index in [0.29, 0.717) is 0 Å². The Bertz CT molecular complexity index is 3060. The molecule has 54 heavy (non-hydrogen) atoms. The highest BCUT2D eigenvalue weighted by Crippen LogP contribution is 2.42. The van der Waals surface area contributed by atoms with Gasteiger partial charge in [0, 0.05) is 21.6 Å². The van der Waals surface area contributed by atoms with Gasteiger partial charge in [0.05, 0.1) is 16.6 Å². The van der Waals surface area contributed by atoms with Crippen LogP contribution >= 0.6 is 0 Å². The summed E-state index contributed by atoms with van der Waals surface area (Å²) in [5.41, 5.74) is 12.6. The van der Waals surface area contributed by atoms with E-state index in [-0.39, 0.29) is 17.5 Å². The Balaban J connectivity index is 1.11. The maximum Gasteiger partial charge on any atom is 0.260 e. The van der Waals surface area contributed by atoms with Crippen molar-refractivity contribution in [2.45, 2.75) is 52.4 Å². The van der Waals surface area contributed by atoms with Gasteiger partial charge in [-0.25, -0.2) is 4.98 Å². The summed E-state index contributed by atoms with van der Waals surface area (Å²) in [4.78, 5) is 5.17. The molecule has 0 spiro atoms. The van der Waals surface area contributed by atoms with Gasteiger partial charge in [0.2, 0.25) is 0 Å². The molecule has 0 bridgehead atoms. The lowest BCUT2D eigenvalue weighted by Gasteiger charge is -2.35. The van der Waals surface area contributed by atoms with Gasteiger partial charge in [-0.05, 0) is 97.2 Å². The predicted molar refractivity (Wildman–Crippen MR) is 226 cm³/mol. The molecular formula is C49H39BN2O2. The number of imidazole rings is 1. The summed E-state index contributed by atoms with van der Waals surface area (Å²) in [5, 5.41) is 5.77. The predicted octanol–water partition coefficient (Wildman–Crippen LogP) is 10.9. The number of nitrogens with zero attached hydrogens (tertiary/aromatic N) is 2. The fourth-order valence-corrected chi connectivity index (χ4v) is 8.87. The van der Waals surface area contributed by atoms with Crippen molar-refractivity contribution in [3.05, 3.63) is 139 Å². The third kappa shape index (κ3) is 4.48. The summed E-state index contributed by atoms with van der Waals surface area (Å²) >= 11 is 0. The van der Waals surface area contributed by atoms with Crippen molar-refractivity contribution in [3.63, 3.8) is 0 Å². The van der Waals surface area contributed by atoms with Gasteiger partial charge in [0.1, 0.15) is 28.6 Å². The first kappa shape index (κ1) is 31.5. The van der Waals surface area contributed by atoms with Crippen LogP contribution in [0.25, 0.3) is 60.3 Å². The number of rotatable bonds is 1. The van der Waals surface area contributed by atoms with Crippen molar-refractivity contribution in [1.29, 1.82) is 0 Å². The molecule has 4 heterocycles. The van der Waals surface area contributed by atoms with E-state index in [0.717, 1.165) is 77.9 Å². The largest absolute Gasteiger partial charge is 0.458 e. The van der Waals surface area contributed by atoms with Crippen LogP contribution in [0, 0.1) is 0 Å². The van der Waals surface area contributed by atoms with Crippen LogP contribution in [-0.2, 0) is 10.8 Å². The first-order chi connectivity index (χ1) is 26.0. The van der Waals surface area contributed by atoms with Gasteiger partial charge < -0.3 is 9.47 Å². The molecule has 260 valence electrons. The molecule has 0 saturated heterocycles. The Morgan fingerprint density at radius 3 is 1.87 bits per heavy atom. The number of ether oxygens (including phenoxy) is 2. The molecule has 2 aliphatic heterocycles. The molecule has 11 rings (SSSR count). The molecule has 0 atom stereocenters. The molecule has 0 saturated carbocycles. The lowest BCUT2D eigenvalue weighted by molar-refractivity contribution is 0.467. The zero-order chi connectivity index (χ0) is 36.7. The molecule has 5 heteroatoms. The molecule has 0 fully saturated rings. The van der Waals surface area contributed by atoms with Gasteiger partial charge in [-0.1, -0.05) is 126 Å². The minimum atomic E-state index is -0.000339. The molecule has 2 aromatic heterocycles. The number of benzene rings is 7. The second kappa shape index (κ2) is 10.8. The zero-order valence-corrected chi connectivity index (χ0v) is 31.4. The first-order valence-corrected chi connectivity index (χ1v) is 19.0. The standard InChI is InChI=1S/C49H39BN2O2/c1-48(2,3)31-17-21-42-37(26-31)50-38-27-32(49(4,5)6)18-22-43(38)54-46-33-19-15-28(23-30(33)25-44(53-42)45(46)50)29-16-20-39-41(24-29)52-40-14-10-9-12-35(40)34-11-7-8-13-36(34)47(52)51-39/h7-27H,1-6H3. The second-order valence-corrected chi connectivity index (χ2v) is 17.2. The molecule has 0 N–H and O–H groups in total. The summed E-state index contributed by atoms with van der Waals surface area (Å²) in [7, 11) is 0. The Labute approximate surface area is 315 Å². The van der Waals surface area contributed by atoms with Gasteiger partial charge in [-0.2, -0.15) is 0 Å².